The normalized spacial score (nSPS) is 22.8. The molecule has 0 N–H and O–H groups in total. The first-order valence-electron chi connectivity index (χ1n) is 6.22. The van der Waals surface area contributed by atoms with Crippen molar-refractivity contribution < 1.29 is 0 Å². The van der Waals surface area contributed by atoms with Gasteiger partial charge in [-0.15, -0.1) is 0 Å². The van der Waals surface area contributed by atoms with Crippen LogP contribution in [0.3, 0.4) is 0 Å². The molecule has 1 aliphatic rings. The van der Waals surface area contributed by atoms with Crippen molar-refractivity contribution in [2.24, 2.45) is 5.92 Å². The Kier molecular flexibility index (Phi) is 2.79. The predicted octanol–water partition coefficient (Wildman–Crippen LogP) is 4.50. The molecular formula is C17H16. The van der Waals surface area contributed by atoms with Gasteiger partial charge in [-0.05, 0) is 29.4 Å². The minimum absolute atomic E-state index is 0.734. The predicted molar refractivity (Wildman–Crippen MR) is 72.8 cm³/mol. The Balaban J connectivity index is 1.65. The summed E-state index contributed by atoms with van der Waals surface area (Å²) in [5.74, 6) is 1.48. The zero-order valence-electron chi connectivity index (χ0n) is 9.79. The van der Waals surface area contributed by atoms with E-state index in [1.54, 1.807) is 0 Å². The van der Waals surface area contributed by atoms with Crippen molar-refractivity contribution in [1.82, 2.24) is 0 Å². The molecule has 3 rings (SSSR count). The molecule has 2 aromatic rings. The van der Waals surface area contributed by atoms with E-state index in [4.69, 9.17) is 0 Å². The summed E-state index contributed by atoms with van der Waals surface area (Å²) in [5, 5.41) is 0. The quantitative estimate of drug-likeness (QED) is 0.714. The molecule has 2 unspecified atom stereocenters. The van der Waals surface area contributed by atoms with Gasteiger partial charge in [0.2, 0.25) is 0 Å². The van der Waals surface area contributed by atoms with Gasteiger partial charge >= 0.3 is 0 Å². The molecule has 0 spiro atoms. The molecule has 0 amide bonds. The average Bonchev–Trinajstić information content (AvgIpc) is 3.18. The van der Waals surface area contributed by atoms with Crippen LogP contribution in [0.4, 0.5) is 0 Å². The number of rotatable bonds is 3. The van der Waals surface area contributed by atoms with Crippen LogP contribution in [0, 0.1) is 5.92 Å². The third kappa shape index (κ3) is 2.47. The van der Waals surface area contributed by atoms with Crippen LogP contribution in [-0.4, -0.2) is 0 Å². The van der Waals surface area contributed by atoms with E-state index in [2.05, 4.69) is 72.8 Å². The van der Waals surface area contributed by atoms with Gasteiger partial charge in [0.05, 0.1) is 0 Å². The average molecular weight is 220 g/mol. The fraction of sp³-hybridized carbons (Fsp3) is 0.176. The second-order valence-corrected chi connectivity index (χ2v) is 4.69. The van der Waals surface area contributed by atoms with E-state index in [1.807, 2.05) is 0 Å². The Morgan fingerprint density at radius 1 is 0.824 bits per heavy atom. The van der Waals surface area contributed by atoms with Crippen LogP contribution in [0.25, 0.3) is 6.08 Å². The minimum atomic E-state index is 0.734. The highest BCUT2D eigenvalue weighted by Gasteiger charge is 2.35. The Hall–Kier alpha value is -1.82. The lowest BCUT2D eigenvalue weighted by Crippen LogP contribution is -1.79. The van der Waals surface area contributed by atoms with Gasteiger partial charge in [0.1, 0.15) is 0 Å². The molecule has 0 radical (unpaired) electrons. The number of allylic oxidation sites excluding steroid dienone is 1. The zero-order valence-corrected chi connectivity index (χ0v) is 9.79. The van der Waals surface area contributed by atoms with E-state index in [9.17, 15) is 0 Å². The van der Waals surface area contributed by atoms with Crippen molar-refractivity contribution in [2.45, 2.75) is 12.3 Å². The molecule has 1 fully saturated rings. The summed E-state index contributed by atoms with van der Waals surface area (Å²) in [6.07, 6.45) is 5.90. The fourth-order valence-electron chi connectivity index (χ4n) is 2.31. The van der Waals surface area contributed by atoms with Gasteiger partial charge in [-0.25, -0.2) is 0 Å². The second-order valence-electron chi connectivity index (χ2n) is 4.69. The van der Waals surface area contributed by atoms with Crippen molar-refractivity contribution in [1.29, 1.82) is 0 Å². The van der Waals surface area contributed by atoms with E-state index in [0.717, 1.165) is 11.8 Å². The highest BCUT2D eigenvalue weighted by atomic mass is 14.4. The van der Waals surface area contributed by atoms with E-state index in [1.165, 1.54) is 17.5 Å². The van der Waals surface area contributed by atoms with Crippen LogP contribution in [0.1, 0.15) is 23.5 Å². The molecule has 0 aromatic heterocycles. The summed E-state index contributed by atoms with van der Waals surface area (Å²) in [4.78, 5) is 0. The third-order valence-electron chi connectivity index (χ3n) is 3.40. The van der Waals surface area contributed by atoms with Gasteiger partial charge in [0.25, 0.3) is 0 Å². The zero-order chi connectivity index (χ0) is 11.5. The van der Waals surface area contributed by atoms with E-state index in [-0.39, 0.29) is 0 Å². The second kappa shape index (κ2) is 4.58. The first-order valence-corrected chi connectivity index (χ1v) is 6.22. The Morgan fingerprint density at radius 2 is 1.47 bits per heavy atom. The summed E-state index contributed by atoms with van der Waals surface area (Å²) < 4.78 is 0. The summed E-state index contributed by atoms with van der Waals surface area (Å²) in [7, 11) is 0. The van der Waals surface area contributed by atoms with Gasteiger partial charge in [-0.1, -0.05) is 72.8 Å². The summed E-state index contributed by atoms with van der Waals surface area (Å²) in [5.41, 5.74) is 2.78. The molecule has 0 heteroatoms. The van der Waals surface area contributed by atoms with Crippen molar-refractivity contribution in [3.8, 4) is 0 Å². The maximum atomic E-state index is 2.35. The van der Waals surface area contributed by atoms with Crippen LogP contribution in [0.15, 0.2) is 66.7 Å². The summed E-state index contributed by atoms with van der Waals surface area (Å²) >= 11 is 0. The standard InChI is InChI=1S/C17H16/c1-3-7-14(8-4-1)11-12-16-13-17(16)15-9-5-2-6-10-15/h1-12,16-17H,13H2. The van der Waals surface area contributed by atoms with Gasteiger partial charge in [-0.3, -0.25) is 0 Å². The van der Waals surface area contributed by atoms with E-state index in [0.29, 0.717) is 0 Å². The number of hydrogen-bond acceptors (Lipinski definition) is 0. The Labute approximate surface area is 103 Å². The number of hydrogen-bond donors (Lipinski definition) is 0. The lowest BCUT2D eigenvalue weighted by molar-refractivity contribution is 1.02. The van der Waals surface area contributed by atoms with Gasteiger partial charge in [0, 0.05) is 0 Å². The molecule has 17 heavy (non-hydrogen) atoms. The minimum Gasteiger partial charge on any atom is -0.0802 e. The molecule has 2 atom stereocenters. The molecule has 0 aliphatic heterocycles. The van der Waals surface area contributed by atoms with Crippen LogP contribution in [0.2, 0.25) is 0 Å². The highest BCUT2D eigenvalue weighted by molar-refractivity contribution is 5.50. The monoisotopic (exact) mass is 220 g/mol. The van der Waals surface area contributed by atoms with E-state index >= 15 is 0 Å². The first kappa shape index (κ1) is 10.3. The molecule has 0 heterocycles. The van der Waals surface area contributed by atoms with Crippen molar-refractivity contribution in [3.05, 3.63) is 77.9 Å². The topological polar surface area (TPSA) is 0 Å². The SMILES string of the molecule is C(=CC1CC1c1ccccc1)c1ccccc1. The summed E-state index contributed by atoms with van der Waals surface area (Å²) in [6.45, 7) is 0. The third-order valence-corrected chi connectivity index (χ3v) is 3.40. The molecular weight excluding hydrogens is 204 g/mol. The van der Waals surface area contributed by atoms with Crippen LogP contribution in [0.5, 0.6) is 0 Å². The Bertz CT molecular complexity index is 496. The molecule has 0 saturated heterocycles. The molecule has 0 bridgehead atoms. The van der Waals surface area contributed by atoms with Gasteiger partial charge < -0.3 is 0 Å². The first-order chi connectivity index (χ1) is 8.43. The van der Waals surface area contributed by atoms with Gasteiger partial charge in [-0.2, -0.15) is 0 Å². The van der Waals surface area contributed by atoms with Crippen molar-refractivity contribution >= 4 is 6.08 Å². The van der Waals surface area contributed by atoms with Crippen molar-refractivity contribution in [3.63, 3.8) is 0 Å². The largest absolute Gasteiger partial charge is 0.0802 e. The maximum absolute atomic E-state index is 2.35. The lowest BCUT2D eigenvalue weighted by Gasteiger charge is -1.96. The Morgan fingerprint density at radius 3 is 2.18 bits per heavy atom. The van der Waals surface area contributed by atoms with Crippen LogP contribution < -0.4 is 0 Å². The smallest absolute Gasteiger partial charge is 0.00929 e. The molecule has 1 saturated carbocycles. The molecule has 84 valence electrons. The maximum Gasteiger partial charge on any atom is -0.00929 e. The molecule has 1 aliphatic carbocycles. The fourth-order valence-corrected chi connectivity index (χ4v) is 2.31. The number of benzene rings is 2. The lowest BCUT2D eigenvalue weighted by atomic mass is 10.1. The van der Waals surface area contributed by atoms with Gasteiger partial charge in [0.15, 0.2) is 0 Å². The van der Waals surface area contributed by atoms with Crippen LogP contribution >= 0.6 is 0 Å². The summed E-state index contributed by atoms with van der Waals surface area (Å²) in [6, 6.07) is 21.3. The highest BCUT2D eigenvalue weighted by Crippen LogP contribution is 2.48. The van der Waals surface area contributed by atoms with Crippen LogP contribution in [-0.2, 0) is 0 Å². The van der Waals surface area contributed by atoms with E-state index < -0.39 is 0 Å². The molecule has 2 aromatic carbocycles. The molecule has 0 nitrogen and oxygen atoms in total. The van der Waals surface area contributed by atoms with Crippen molar-refractivity contribution in [2.75, 3.05) is 0 Å².